The Morgan fingerprint density at radius 1 is 0.903 bits per heavy atom. The number of hydrogen-bond donors (Lipinski definition) is 4. The van der Waals surface area contributed by atoms with E-state index in [1.54, 1.807) is 55.5 Å². The average molecular weight is 443 g/mol. The average Bonchev–Trinajstić information content (AvgIpc) is 2.78. The van der Waals surface area contributed by atoms with Crippen LogP contribution < -0.4 is 26.2 Å². The summed E-state index contributed by atoms with van der Waals surface area (Å²) in [5.41, 5.74) is 6.25. The van der Waals surface area contributed by atoms with Gasteiger partial charge in [0, 0.05) is 23.2 Å². The molecule has 0 aliphatic heterocycles. The van der Waals surface area contributed by atoms with Crippen molar-refractivity contribution in [1.82, 2.24) is 16.2 Å². The second-order valence-electron chi connectivity index (χ2n) is 6.70. The molecule has 2 rings (SSSR count). The molecule has 9 heteroatoms. The molecule has 0 aromatic heterocycles. The molecule has 3 amide bonds. The van der Waals surface area contributed by atoms with Crippen LogP contribution in [0.15, 0.2) is 48.5 Å². The normalized spacial score (nSPS) is 11.1. The fourth-order valence-corrected chi connectivity index (χ4v) is 2.49. The number of carbonyl (C=O) groups excluding carboxylic acids is 3. The molecule has 4 N–H and O–H groups in total. The van der Waals surface area contributed by atoms with E-state index >= 15 is 0 Å². The number of hydrazine groups is 1. The van der Waals surface area contributed by atoms with Gasteiger partial charge in [-0.15, -0.1) is 0 Å². The Kier molecular flexibility index (Phi) is 8.95. The van der Waals surface area contributed by atoms with Crippen LogP contribution in [0.25, 0.3) is 0 Å². The summed E-state index contributed by atoms with van der Waals surface area (Å²) in [6.45, 7) is 5.75. The summed E-state index contributed by atoms with van der Waals surface area (Å²) in [5, 5.41) is 5.14. The monoisotopic (exact) mass is 442 g/mol. The molecule has 0 spiro atoms. The molecule has 31 heavy (non-hydrogen) atoms. The first-order chi connectivity index (χ1) is 14.8. The molecule has 0 saturated carbocycles. The van der Waals surface area contributed by atoms with E-state index in [1.807, 2.05) is 13.8 Å². The number of benzene rings is 2. The van der Waals surface area contributed by atoms with E-state index in [-0.39, 0.29) is 17.1 Å². The van der Waals surface area contributed by atoms with Crippen LogP contribution in [0.3, 0.4) is 0 Å². The lowest BCUT2D eigenvalue weighted by molar-refractivity contribution is -0.115. The van der Waals surface area contributed by atoms with Crippen molar-refractivity contribution < 1.29 is 19.1 Å². The van der Waals surface area contributed by atoms with Crippen molar-refractivity contribution in [3.05, 3.63) is 59.7 Å². The van der Waals surface area contributed by atoms with Crippen LogP contribution >= 0.6 is 12.2 Å². The molecular formula is C22H26N4O4S. The topological polar surface area (TPSA) is 109 Å². The number of rotatable bonds is 7. The molecule has 0 fully saturated rings. The van der Waals surface area contributed by atoms with Crippen LogP contribution in [0.5, 0.6) is 5.75 Å². The summed E-state index contributed by atoms with van der Waals surface area (Å²) in [5.74, 6) is -0.300. The van der Waals surface area contributed by atoms with Gasteiger partial charge in [0.25, 0.3) is 11.8 Å². The summed E-state index contributed by atoms with van der Waals surface area (Å²) in [6, 6.07) is 13.1. The first-order valence-corrected chi connectivity index (χ1v) is 10.3. The second-order valence-corrected chi connectivity index (χ2v) is 7.11. The molecule has 2 aromatic carbocycles. The third-order valence-electron chi connectivity index (χ3n) is 4.30. The molecule has 0 saturated heterocycles. The molecule has 1 unspecified atom stereocenters. The van der Waals surface area contributed by atoms with Gasteiger partial charge in [-0.1, -0.05) is 13.8 Å². The maximum Gasteiger partial charge on any atom is 0.269 e. The number of hydrogen-bond acceptors (Lipinski definition) is 5. The molecule has 0 aliphatic rings. The quantitative estimate of drug-likeness (QED) is 0.388. The molecular weight excluding hydrogens is 416 g/mol. The smallest absolute Gasteiger partial charge is 0.269 e. The first-order valence-electron chi connectivity index (χ1n) is 9.90. The van der Waals surface area contributed by atoms with Crippen LogP contribution in [0.4, 0.5) is 5.69 Å². The molecule has 0 radical (unpaired) electrons. The van der Waals surface area contributed by atoms with Gasteiger partial charge in [-0.25, -0.2) is 0 Å². The summed E-state index contributed by atoms with van der Waals surface area (Å²) >= 11 is 5.05. The van der Waals surface area contributed by atoms with E-state index < -0.39 is 11.8 Å². The van der Waals surface area contributed by atoms with Crippen molar-refractivity contribution >= 4 is 40.7 Å². The van der Waals surface area contributed by atoms with E-state index in [4.69, 9.17) is 17.0 Å². The van der Waals surface area contributed by atoms with Crippen LogP contribution in [0.1, 0.15) is 54.3 Å². The third-order valence-corrected chi connectivity index (χ3v) is 4.50. The van der Waals surface area contributed by atoms with Gasteiger partial charge in [-0.05, 0) is 74.1 Å². The highest BCUT2D eigenvalue weighted by Crippen LogP contribution is 2.15. The van der Waals surface area contributed by atoms with Gasteiger partial charge >= 0.3 is 0 Å². The van der Waals surface area contributed by atoms with Gasteiger partial charge in [-0.3, -0.25) is 30.6 Å². The Hall–Kier alpha value is -3.46. The van der Waals surface area contributed by atoms with E-state index in [2.05, 4.69) is 21.5 Å². The zero-order chi connectivity index (χ0) is 22.8. The number of thiocarbonyl (C=S) groups is 1. The lowest BCUT2D eigenvalue weighted by Crippen LogP contribution is -2.48. The predicted molar refractivity (Wildman–Crippen MR) is 123 cm³/mol. The SMILES string of the molecule is CCC(=O)Nc1ccc(C(=O)NNC(=S)NC(=O)c2ccc(OC(C)CC)cc2)cc1. The van der Waals surface area contributed by atoms with Crippen LogP contribution in [0.2, 0.25) is 0 Å². The van der Waals surface area contributed by atoms with Gasteiger partial charge in [0.05, 0.1) is 6.10 Å². The van der Waals surface area contributed by atoms with Crippen LogP contribution in [-0.2, 0) is 4.79 Å². The van der Waals surface area contributed by atoms with Crippen molar-refractivity contribution in [3.63, 3.8) is 0 Å². The molecule has 1 atom stereocenters. The summed E-state index contributed by atoms with van der Waals surface area (Å²) in [4.78, 5) is 35.9. The third kappa shape index (κ3) is 7.71. The Balaban J connectivity index is 1.82. The lowest BCUT2D eigenvalue weighted by atomic mass is 10.2. The maximum atomic E-state index is 12.3. The first kappa shape index (κ1) is 23.8. The van der Waals surface area contributed by atoms with Crippen LogP contribution in [0, 0.1) is 0 Å². The minimum atomic E-state index is -0.448. The Morgan fingerprint density at radius 3 is 2.06 bits per heavy atom. The summed E-state index contributed by atoms with van der Waals surface area (Å²) in [6.07, 6.45) is 1.34. The van der Waals surface area contributed by atoms with Gasteiger partial charge < -0.3 is 10.1 Å². The Morgan fingerprint density at radius 2 is 1.48 bits per heavy atom. The molecule has 2 aromatic rings. The van der Waals surface area contributed by atoms with Crippen molar-refractivity contribution in [2.24, 2.45) is 0 Å². The van der Waals surface area contributed by atoms with Crippen molar-refractivity contribution in [2.45, 2.75) is 39.7 Å². The zero-order valence-electron chi connectivity index (χ0n) is 17.7. The van der Waals surface area contributed by atoms with E-state index in [9.17, 15) is 14.4 Å². The fraction of sp³-hybridized carbons (Fsp3) is 0.273. The summed E-state index contributed by atoms with van der Waals surface area (Å²) < 4.78 is 5.68. The minimum Gasteiger partial charge on any atom is -0.491 e. The van der Waals surface area contributed by atoms with Crippen molar-refractivity contribution in [2.75, 3.05) is 5.32 Å². The molecule has 8 nitrogen and oxygen atoms in total. The van der Waals surface area contributed by atoms with Crippen LogP contribution in [-0.4, -0.2) is 28.9 Å². The number of amides is 3. The van der Waals surface area contributed by atoms with E-state index in [1.165, 1.54) is 0 Å². The van der Waals surface area contributed by atoms with Crippen molar-refractivity contribution in [3.8, 4) is 5.75 Å². The standard InChI is InChI=1S/C22H26N4O4S/c1-4-14(3)30-18-12-8-15(9-13-18)20(28)24-22(31)26-25-21(29)16-6-10-17(11-7-16)23-19(27)5-2/h6-14H,4-5H2,1-3H3,(H,23,27)(H,25,29)(H2,24,26,28,31). The fourth-order valence-electron chi connectivity index (χ4n) is 2.35. The zero-order valence-corrected chi connectivity index (χ0v) is 18.5. The number of ether oxygens (including phenoxy) is 1. The Labute approximate surface area is 186 Å². The second kappa shape index (κ2) is 11.7. The Bertz CT molecular complexity index is 930. The van der Waals surface area contributed by atoms with E-state index in [0.717, 1.165) is 6.42 Å². The van der Waals surface area contributed by atoms with Gasteiger partial charge in [0.15, 0.2) is 5.11 Å². The predicted octanol–water partition coefficient (Wildman–Crippen LogP) is 3.16. The molecule has 0 aliphatic carbocycles. The highest BCUT2D eigenvalue weighted by atomic mass is 32.1. The molecule has 164 valence electrons. The highest BCUT2D eigenvalue weighted by Gasteiger charge is 2.11. The highest BCUT2D eigenvalue weighted by molar-refractivity contribution is 7.80. The van der Waals surface area contributed by atoms with Gasteiger partial charge in [0.2, 0.25) is 5.91 Å². The minimum absolute atomic E-state index is 0.0508. The van der Waals surface area contributed by atoms with E-state index in [0.29, 0.717) is 29.0 Å². The largest absolute Gasteiger partial charge is 0.491 e. The van der Waals surface area contributed by atoms with Gasteiger partial charge in [0.1, 0.15) is 5.75 Å². The molecule has 0 heterocycles. The number of anilines is 1. The number of carbonyl (C=O) groups is 3. The lowest BCUT2D eigenvalue weighted by Gasteiger charge is -2.13. The molecule has 0 bridgehead atoms. The number of nitrogens with one attached hydrogen (secondary N) is 4. The maximum absolute atomic E-state index is 12.3. The van der Waals surface area contributed by atoms with Gasteiger partial charge in [-0.2, -0.15) is 0 Å². The summed E-state index contributed by atoms with van der Waals surface area (Å²) in [7, 11) is 0. The van der Waals surface area contributed by atoms with Crippen molar-refractivity contribution in [1.29, 1.82) is 0 Å².